The lowest BCUT2D eigenvalue weighted by molar-refractivity contribution is 0.0740. The zero-order valence-electron chi connectivity index (χ0n) is 15.1. The summed E-state index contributed by atoms with van der Waals surface area (Å²) >= 11 is 0. The van der Waals surface area contributed by atoms with Crippen molar-refractivity contribution in [2.75, 3.05) is 6.54 Å². The molecule has 0 fully saturated rings. The molecule has 1 aliphatic rings. The van der Waals surface area contributed by atoms with Crippen molar-refractivity contribution >= 4 is 5.91 Å². The Labute approximate surface area is 149 Å². The maximum absolute atomic E-state index is 12.8. The van der Waals surface area contributed by atoms with E-state index in [2.05, 4.69) is 17.1 Å². The molecule has 2 N–H and O–H groups in total. The molecule has 0 aliphatic carbocycles. The fourth-order valence-corrected chi connectivity index (χ4v) is 3.64. The first-order chi connectivity index (χ1) is 12.1. The number of nitrogens with one attached hydrogen (secondary N) is 1. The molecule has 1 atom stereocenters. The lowest BCUT2D eigenvalue weighted by atomic mass is 9.99. The van der Waals surface area contributed by atoms with Crippen LogP contribution in [0, 0.1) is 6.92 Å². The van der Waals surface area contributed by atoms with E-state index in [9.17, 15) is 9.90 Å². The van der Waals surface area contributed by atoms with Gasteiger partial charge in [0.25, 0.3) is 5.91 Å². The van der Waals surface area contributed by atoms with Crippen molar-refractivity contribution in [3.63, 3.8) is 0 Å². The van der Waals surface area contributed by atoms with Crippen molar-refractivity contribution in [2.45, 2.75) is 58.4 Å². The first-order valence-corrected chi connectivity index (χ1v) is 9.28. The SMILES string of the molecule is CCCCCCCCN1C(=O)c2n[nH]c(C)c2[C@H]1c1ccc(O)cc1. The minimum atomic E-state index is -0.113. The number of hydrogen-bond acceptors (Lipinski definition) is 3. The number of hydrogen-bond donors (Lipinski definition) is 2. The lowest BCUT2D eigenvalue weighted by Crippen LogP contribution is -2.30. The summed E-state index contributed by atoms with van der Waals surface area (Å²) in [5.74, 6) is 0.241. The van der Waals surface area contributed by atoms with E-state index < -0.39 is 0 Å². The number of aromatic hydroxyl groups is 1. The third-order valence-corrected chi connectivity index (χ3v) is 5.00. The van der Waals surface area contributed by atoms with Crippen molar-refractivity contribution in [1.82, 2.24) is 15.1 Å². The molecule has 1 aliphatic heterocycles. The number of benzene rings is 1. The molecule has 2 aromatic rings. The molecule has 0 radical (unpaired) electrons. The molecular weight excluding hydrogens is 314 g/mol. The second-order valence-electron chi connectivity index (χ2n) is 6.87. The Morgan fingerprint density at radius 2 is 1.80 bits per heavy atom. The first kappa shape index (κ1) is 17.5. The second-order valence-corrected chi connectivity index (χ2v) is 6.87. The molecule has 0 bridgehead atoms. The van der Waals surface area contributed by atoms with Gasteiger partial charge < -0.3 is 10.0 Å². The van der Waals surface area contributed by atoms with Crippen LogP contribution < -0.4 is 0 Å². The van der Waals surface area contributed by atoms with Gasteiger partial charge in [0.15, 0.2) is 5.69 Å². The average molecular weight is 341 g/mol. The van der Waals surface area contributed by atoms with Crippen LogP contribution in [0.2, 0.25) is 0 Å². The number of rotatable bonds is 8. The molecule has 0 spiro atoms. The Hall–Kier alpha value is -2.30. The van der Waals surface area contributed by atoms with Crippen molar-refractivity contribution in [3.05, 3.63) is 46.8 Å². The molecule has 0 saturated carbocycles. The van der Waals surface area contributed by atoms with Crippen LogP contribution in [-0.4, -0.2) is 32.7 Å². The zero-order valence-corrected chi connectivity index (χ0v) is 15.1. The lowest BCUT2D eigenvalue weighted by Gasteiger charge is -2.26. The summed E-state index contributed by atoms with van der Waals surface area (Å²) in [7, 11) is 0. The van der Waals surface area contributed by atoms with E-state index in [0.29, 0.717) is 5.69 Å². The van der Waals surface area contributed by atoms with Gasteiger partial charge in [-0.05, 0) is 31.0 Å². The molecular formula is C20H27N3O2. The Morgan fingerprint density at radius 1 is 1.12 bits per heavy atom. The summed E-state index contributed by atoms with van der Waals surface area (Å²) < 4.78 is 0. The minimum absolute atomic E-state index is 0.00554. The highest BCUT2D eigenvalue weighted by molar-refractivity contribution is 5.98. The molecule has 3 rings (SSSR count). The molecule has 1 aromatic carbocycles. The molecule has 0 unspecified atom stereocenters. The molecule has 5 heteroatoms. The van der Waals surface area contributed by atoms with Gasteiger partial charge in [-0.3, -0.25) is 9.89 Å². The highest BCUT2D eigenvalue weighted by atomic mass is 16.3. The quantitative estimate of drug-likeness (QED) is 0.702. The summed E-state index contributed by atoms with van der Waals surface area (Å²) in [6.45, 7) is 4.92. The number of amides is 1. The van der Waals surface area contributed by atoms with Gasteiger partial charge in [-0.1, -0.05) is 51.2 Å². The van der Waals surface area contributed by atoms with E-state index in [1.54, 1.807) is 12.1 Å². The van der Waals surface area contributed by atoms with Crippen molar-refractivity contribution < 1.29 is 9.90 Å². The number of H-pyrrole nitrogens is 1. The molecule has 5 nitrogen and oxygen atoms in total. The van der Waals surface area contributed by atoms with Gasteiger partial charge in [-0.2, -0.15) is 5.10 Å². The topological polar surface area (TPSA) is 69.2 Å². The fourth-order valence-electron chi connectivity index (χ4n) is 3.64. The third kappa shape index (κ3) is 3.55. The van der Waals surface area contributed by atoms with Crippen LogP contribution in [0.5, 0.6) is 5.75 Å². The number of phenols is 1. The largest absolute Gasteiger partial charge is 0.508 e. The van der Waals surface area contributed by atoms with Crippen LogP contribution in [0.4, 0.5) is 0 Å². The van der Waals surface area contributed by atoms with Crippen molar-refractivity contribution in [3.8, 4) is 5.75 Å². The van der Waals surface area contributed by atoms with E-state index in [-0.39, 0.29) is 17.7 Å². The zero-order chi connectivity index (χ0) is 17.8. The number of aryl methyl sites for hydroxylation is 1. The monoisotopic (exact) mass is 341 g/mol. The fraction of sp³-hybridized carbons (Fsp3) is 0.500. The Bertz CT molecular complexity index is 721. The first-order valence-electron chi connectivity index (χ1n) is 9.28. The van der Waals surface area contributed by atoms with Crippen LogP contribution in [0.3, 0.4) is 0 Å². The maximum atomic E-state index is 12.8. The van der Waals surface area contributed by atoms with Crippen LogP contribution >= 0.6 is 0 Å². The van der Waals surface area contributed by atoms with Gasteiger partial charge in [0.05, 0.1) is 6.04 Å². The number of aromatic amines is 1. The standard InChI is InChI=1S/C20H27N3O2/c1-3-4-5-6-7-8-13-23-19(15-9-11-16(24)12-10-15)17-14(2)21-22-18(17)20(23)25/h9-12,19,24H,3-8,13H2,1-2H3,(H,21,22)/t19-/m1/s1. The predicted molar refractivity (Wildman–Crippen MR) is 97.7 cm³/mol. The van der Waals surface area contributed by atoms with Gasteiger partial charge in [-0.15, -0.1) is 0 Å². The maximum Gasteiger partial charge on any atom is 0.275 e. The van der Waals surface area contributed by atoms with E-state index in [0.717, 1.165) is 36.2 Å². The highest BCUT2D eigenvalue weighted by Gasteiger charge is 2.40. The van der Waals surface area contributed by atoms with E-state index in [4.69, 9.17) is 0 Å². The number of nitrogens with zero attached hydrogens (tertiary/aromatic N) is 2. The molecule has 1 amide bonds. The second kappa shape index (κ2) is 7.72. The van der Waals surface area contributed by atoms with E-state index >= 15 is 0 Å². The number of aromatic nitrogens is 2. The average Bonchev–Trinajstić information content (AvgIpc) is 3.11. The number of unbranched alkanes of at least 4 members (excludes halogenated alkanes) is 5. The van der Waals surface area contributed by atoms with Gasteiger partial charge >= 0.3 is 0 Å². The Balaban J connectivity index is 1.76. The predicted octanol–water partition coefficient (Wildman–Crippen LogP) is 4.33. The Kier molecular flexibility index (Phi) is 5.41. The number of carbonyl (C=O) groups is 1. The highest BCUT2D eigenvalue weighted by Crippen LogP contribution is 2.39. The van der Waals surface area contributed by atoms with Gasteiger partial charge in [0.2, 0.25) is 0 Å². The van der Waals surface area contributed by atoms with Gasteiger partial charge in [0, 0.05) is 17.8 Å². The van der Waals surface area contributed by atoms with Crippen LogP contribution in [0.25, 0.3) is 0 Å². The summed E-state index contributed by atoms with van der Waals surface area (Å²) in [6, 6.07) is 7.02. The smallest absolute Gasteiger partial charge is 0.275 e. The van der Waals surface area contributed by atoms with Crippen LogP contribution in [0.15, 0.2) is 24.3 Å². The molecule has 1 aromatic heterocycles. The molecule has 25 heavy (non-hydrogen) atoms. The summed E-state index contributed by atoms with van der Waals surface area (Å²) in [5.41, 5.74) is 3.47. The van der Waals surface area contributed by atoms with Crippen molar-refractivity contribution in [1.29, 1.82) is 0 Å². The van der Waals surface area contributed by atoms with Crippen molar-refractivity contribution in [2.24, 2.45) is 0 Å². The summed E-state index contributed by atoms with van der Waals surface area (Å²) in [5, 5.41) is 16.7. The summed E-state index contributed by atoms with van der Waals surface area (Å²) in [6.07, 6.45) is 7.18. The number of phenolic OH excluding ortho intramolecular Hbond substituents is 1. The minimum Gasteiger partial charge on any atom is -0.508 e. The van der Waals surface area contributed by atoms with E-state index in [1.807, 2.05) is 24.0 Å². The number of carbonyl (C=O) groups excluding carboxylic acids is 1. The molecule has 2 heterocycles. The van der Waals surface area contributed by atoms with Crippen LogP contribution in [0.1, 0.15) is 78.8 Å². The third-order valence-electron chi connectivity index (χ3n) is 5.00. The normalized spacial score (nSPS) is 16.5. The van der Waals surface area contributed by atoms with Crippen LogP contribution in [-0.2, 0) is 0 Å². The van der Waals surface area contributed by atoms with Gasteiger partial charge in [0.1, 0.15) is 5.75 Å². The number of fused-ring (bicyclic) bond motifs is 1. The summed E-state index contributed by atoms with van der Waals surface area (Å²) in [4.78, 5) is 14.8. The molecule has 0 saturated heterocycles. The van der Waals surface area contributed by atoms with Gasteiger partial charge in [-0.25, -0.2) is 0 Å². The van der Waals surface area contributed by atoms with E-state index in [1.165, 1.54) is 25.7 Å². The Morgan fingerprint density at radius 3 is 2.52 bits per heavy atom. The molecule has 134 valence electrons.